The maximum Gasteiger partial charge on any atom is 0.272 e. The van der Waals surface area contributed by atoms with Gasteiger partial charge in [-0.25, -0.2) is 4.39 Å². The van der Waals surface area contributed by atoms with Crippen molar-refractivity contribution in [3.63, 3.8) is 0 Å². The average Bonchev–Trinajstić information content (AvgIpc) is 3.20. The molecule has 178 valence electrons. The number of carbonyl (C=O) groups is 1. The second-order valence-corrected chi connectivity index (χ2v) is 9.48. The van der Waals surface area contributed by atoms with E-state index in [9.17, 15) is 9.18 Å². The highest BCUT2D eigenvalue weighted by Crippen LogP contribution is 2.29. The van der Waals surface area contributed by atoms with E-state index in [4.69, 9.17) is 4.74 Å². The predicted octanol–water partition coefficient (Wildman–Crippen LogP) is 2.14. The lowest BCUT2D eigenvalue weighted by Gasteiger charge is -2.43. The van der Waals surface area contributed by atoms with E-state index in [1.165, 1.54) is 18.9 Å². The molecular weight excluding hydrogens is 421 g/mol. The molecule has 8 heteroatoms. The van der Waals surface area contributed by atoms with Gasteiger partial charge in [-0.1, -0.05) is 18.2 Å². The van der Waals surface area contributed by atoms with Crippen LogP contribution in [0.25, 0.3) is 0 Å². The van der Waals surface area contributed by atoms with Crippen LogP contribution in [-0.4, -0.2) is 77.0 Å². The average molecular weight is 456 g/mol. The van der Waals surface area contributed by atoms with Gasteiger partial charge in [0.1, 0.15) is 5.82 Å². The summed E-state index contributed by atoms with van der Waals surface area (Å²) < 4.78 is 21.3. The van der Waals surface area contributed by atoms with Crippen LogP contribution < -0.4 is 5.32 Å². The van der Waals surface area contributed by atoms with Crippen molar-refractivity contribution in [1.82, 2.24) is 24.9 Å². The number of aryl methyl sites for hydroxylation is 1. The number of amides is 1. The lowest BCUT2D eigenvalue weighted by Crippen LogP contribution is -2.51. The summed E-state index contributed by atoms with van der Waals surface area (Å²) in [5.41, 5.74) is 3.20. The lowest BCUT2D eigenvalue weighted by atomic mass is 9.88. The number of nitrogens with one attached hydrogen (secondary N) is 1. The largest absolute Gasteiger partial charge is 0.379 e. The van der Waals surface area contributed by atoms with Crippen LogP contribution >= 0.6 is 0 Å². The molecule has 1 unspecified atom stereocenters. The van der Waals surface area contributed by atoms with Gasteiger partial charge in [-0.3, -0.25) is 19.3 Å². The van der Waals surface area contributed by atoms with Crippen LogP contribution in [0.4, 0.5) is 4.39 Å². The highest BCUT2D eigenvalue weighted by atomic mass is 19.1. The molecule has 0 radical (unpaired) electrons. The van der Waals surface area contributed by atoms with Gasteiger partial charge in [-0.15, -0.1) is 0 Å². The third-order valence-corrected chi connectivity index (χ3v) is 7.62. The third-order valence-electron chi connectivity index (χ3n) is 7.62. The summed E-state index contributed by atoms with van der Waals surface area (Å²) in [6, 6.07) is 7.66. The number of hydrogen-bond donors (Lipinski definition) is 1. The Morgan fingerprint density at radius 1 is 1.09 bits per heavy atom. The summed E-state index contributed by atoms with van der Waals surface area (Å²) >= 11 is 0. The predicted molar refractivity (Wildman–Crippen MR) is 124 cm³/mol. The van der Waals surface area contributed by atoms with E-state index in [-0.39, 0.29) is 18.3 Å². The standard InChI is InChI=1S/C25H34FN5O2/c1-29-23-7-6-20(30-10-8-19(9-11-30)31-12-14-33-15-13-31)16-21(23)24(28-29)25(32)27-17-18-4-2-3-5-22(18)26/h2-5,19-20H,6-17H2,1H3,(H,27,32). The molecule has 3 heterocycles. The molecule has 1 amide bonds. The highest BCUT2D eigenvalue weighted by Gasteiger charge is 2.34. The van der Waals surface area contributed by atoms with Gasteiger partial charge in [0.15, 0.2) is 5.69 Å². The van der Waals surface area contributed by atoms with Gasteiger partial charge in [0.2, 0.25) is 0 Å². The fraction of sp³-hybridized carbons (Fsp3) is 0.600. The minimum atomic E-state index is -0.304. The fourth-order valence-electron chi connectivity index (χ4n) is 5.72. The first-order chi connectivity index (χ1) is 16.1. The number of carbonyl (C=O) groups excluding carboxylic acids is 1. The molecule has 0 bridgehead atoms. The quantitative estimate of drug-likeness (QED) is 0.749. The Labute approximate surface area is 194 Å². The topological polar surface area (TPSA) is 62.6 Å². The van der Waals surface area contributed by atoms with Crippen LogP contribution in [0.3, 0.4) is 0 Å². The molecule has 1 aromatic heterocycles. The Balaban J connectivity index is 1.22. The first-order valence-electron chi connectivity index (χ1n) is 12.2. The zero-order valence-electron chi connectivity index (χ0n) is 19.4. The van der Waals surface area contributed by atoms with E-state index in [0.717, 1.165) is 69.9 Å². The summed E-state index contributed by atoms with van der Waals surface area (Å²) in [6.45, 7) is 6.20. The molecule has 5 rings (SSSR count). The van der Waals surface area contributed by atoms with Crippen LogP contribution in [-0.2, 0) is 31.2 Å². The van der Waals surface area contributed by atoms with Crippen molar-refractivity contribution >= 4 is 5.91 Å². The number of hydrogen-bond acceptors (Lipinski definition) is 5. The highest BCUT2D eigenvalue weighted by molar-refractivity contribution is 5.94. The normalized spacial score (nSPS) is 22.8. The summed E-state index contributed by atoms with van der Waals surface area (Å²) in [6.07, 6.45) is 5.30. The molecule has 0 saturated carbocycles. The molecule has 2 fully saturated rings. The molecule has 7 nitrogen and oxygen atoms in total. The van der Waals surface area contributed by atoms with Crippen molar-refractivity contribution in [3.05, 3.63) is 52.6 Å². The number of benzene rings is 1. The maximum atomic E-state index is 13.9. The van der Waals surface area contributed by atoms with Gasteiger partial charge >= 0.3 is 0 Å². The van der Waals surface area contributed by atoms with Crippen LogP contribution in [0.5, 0.6) is 0 Å². The molecule has 0 spiro atoms. The van der Waals surface area contributed by atoms with Crippen LogP contribution in [0.1, 0.15) is 46.6 Å². The van der Waals surface area contributed by atoms with E-state index in [1.54, 1.807) is 18.2 Å². The molecule has 2 aliphatic heterocycles. The maximum absolute atomic E-state index is 13.9. The summed E-state index contributed by atoms with van der Waals surface area (Å²) in [4.78, 5) is 18.2. The smallest absolute Gasteiger partial charge is 0.272 e. The van der Waals surface area contributed by atoms with Gasteiger partial charge < -0.3 is 10.1 Å². The van der Waals surface area contributed by atoms with Crippen molar-refractivity contribution in [2.24, 2.45) is 7.05 Å². The molecule has 1 atom stereocenters. The van der Waals surface area contributed by atoms with Crippen LogP contribution in [0.2, 0.25) is 0 Å². The van der Waals surface area contributed by atoms with Gasteiger partial charge in [0, 0.05) is 55.6 Å². The molecule has 1 aromatic carbocycles. The molecular formula is C25H34FN5O2. The van der Waals surface area contributed by atoms with E-state index in [0.29, 0.717) is 23.3 Å². The van der Waals surface area contributed by atoms with Crippen molar-refractivity contribution in [1.29, 1.82) is 0 Å². The summed E-state index contributed by atoms with van der Waals surface area (Å²) in [7, 11) is 1.92. The first-order valence-corrected chi connectivity index (χ1v) is 12.2. The monoisotopic (exact) mass is 455 g/mol. The van der Waals surface area contributed by atoms with Gasteiger partial charge in [0.05, 0.1) is 13.2 Å². The van der Waals surface area contributed by atoms with E-state index < -0.39 is 0 Å². The summed E-state index contributed by atoms with van der Waals surface area (Å²) in [5, 5.41) is 7.43. The number of morpholine rings is 1. The van der Waals surface area contributed by atoms with Gasteiger partial charge in [0.25, 0.3) is 5.91 Å². The Morgan fingerprint density at radius 2 is 1.82 bits per heavy atom. The number of nitrogens with zero attached hydrogens (tertiary/aromatic N) is 4. The molecule has 1 N–H and O–H groups in total. The van der Waals surface area contributed by atoms with Gasteiger partial charge in [-0.05, 0) is 51.3 Å². The van der Waals surface area contributed by atoms with E-state index in [1.807, 2.05) is 11.7 Å². The number of ether oxygens (including phenoxy) is 1. The minimum Gasteiger partial charge on any atom is -0.379 e. The number of fused-ring (bicyclic) bond motifs is 1. The number of rotatable bonds is 5. The SMILES string of the molecule is Cn1nc(C(=O)NCc2ccccc2F)c2c1CCC(N1CCC(N3CCOCC3)CC1)C2. The fourth-order valence-corrected chi connectivity index (χ4v) is 5.72. The third kappa shape index (κ3) is 4.83. The Morgan fingerprint density at radius 3 is 2.58 bits per heavy atom. The number of aromatic nitrogens is 2. The molecule has 2 aromatic rings. The van der Waals surface area contributed by atoms with Crippen molar-refractivity contribution in [2.45, 2.75) is 50.7 Å². The first kappa shape index (κ1) is 22.5. The van der Waals surface area contributed by atoms with Crippen LogP contribution in [0, 0.1) is 5.82 Å². The molecule has 3 aliphatic rings. The zero-order chi connectivity index (χ0) is 22.8. The van der Waals surface area contributed by atoms with Crippen molar-refractivity contribution in [3.8, 4) is 0 Å². The second-order valence-electron chi connectivity index (χ2n) is 9.48. The summed E-state index contributed by atoms with van der Waals surface area (Å²) in [5.74, 6) is -0.525. The number of likely N-dealkylation sites (tertiary alicyclic amines) is 1. The Bertz CT molecular complexity index is 979. The molecule has 33 heavy (non-hydrogen) atoms. The Hall–Kier alpha value is -2.29. The molecule has 1 aliphatic carbocycles. The van der Waals surface area contributed by atoms with Crippen LogP contribution in [0.15, 0.2) is 24.3 Å². The lowest BCUT2D eigenvalue weighted by molar-refractivity contribution is -0.00397. The molecule has 2 saturated heterocycles. The van der Waals surface area contributed by atoms with Gasteiger partial charge in [-0.2, -0.15) is 5.10 Å². The second kappa shape index (κ2) is 9.91. The number of halogens is 1. The van der Waals surface area contributed by atoms with E-state index >= 15 is 0 Å². The van der Waals surface area contributed by atoms with Crippen molar-refractivity contribution in [2.75, 3.05) is 39.4 Å². The van der Waals surface area contributed by atoms with Crippen molar-refractivity contribution < 1.29 is 13.9 Å². The zero-order valence-corrected chi connectivity index (χ0v) is 19.4. The minimum absolute atomic E-state index is 0.162. The Kier molecular flexibility index (Phi) is 6.76. The van der Waals surface area contributed by atoms with E-state index in [2.05, 4.69) is 20.2 Å². The number of piperidine rings is 1.